The molecule has 0 fully saturated rings. The lowest BCUT2D eigenvalue weighted by Crippen LogP contribution is -2.39. The molecule has 6 nitrogen and oxygen atoms in total. The molecule has 6 rings (SSSR count). The lowest BCUT2D eigenvalue weighted by molar-refractivity contribution is 0.200. The lowest BCUT2D eigenvalue weighted by Gasteiger charge is -2.30. The monoisotopic (exact) mass is 535 g/mol. The number of allylic oxidation sites excluding steroid dienone is 2. The zero-order valence-corrected chi connectivity index (χ0v) is 22.9. The number of benzene rings is 2. The number of nitrogens with one attached hydrogen (secondary N) is 1. The zero-order valence-electron chi connectivity index (χ0n) is 22.9. The Morgan fingerprint density at radius 2 is 1.85 bits per heavy atom. The van der Waals surface area contributed by atoms with Crippen LogP contribution in [0.5, 0.6) is 0 Å². The standard InChI is InChI=1S/C33H34FN5O/c1-22-29-20-36-39(28-12-10-27(34)11-13-28)31(29)19-26-9-8-25(32(22)26)18-30(24-6-4-3-5-7-24)37-33(40)38(2)21-23-14-16-35-17-15-23/h3-7,10-17,20,22,25,30H,8-9,18-19,21H2,1-2H3,(H,37,40)/t22-,25+,30?/m0/s1. The fraction of sp³-hybridized carbons (Fsp3) is 0.303. The van der Waals surface area contributed by atoms with Crippen LogP contribution in [-0.2, 0) is 13.0 Å². The van der Waals surface area contributed by atoms with E-state index in [2.05, 4.69) is 29.4 Å². The molecule has 4 aromatic rings. The second kappa shape index (κ2) is 11.1. The van der Waals surface area contributed by atoms with Gasteiger partial charge < -0.3 is 10.2 Å². The van der Waals surface area contributed by atoms with Crippen molar-refractivity contribution in [2.75, 3.05) is 7.05 Å². The summed E-state index contributed by atoms with van der Waals surface area (Å²) in [5.74, 6) is 0.385. The minimum Gasteiger partial charge on any atom is -0.331 e. The normalized spacial score (nSPS) is 18.7. The number of hydrogen-bond acceptors (Lipinski definition) is 3. The van der Waals surface area contributed by atoms with Crippen molar-refractivity contribution < 1.29 is 9.18 Å². The van der Waals surface area contributed by atoms with Crippen molar-refractivity contribution in [3.05, 3.63) is 125 Å². The van der Waals surface area contributed by atoms with Gasteiger partial charge in [0.1, 0.15) is 5.82 Å². The molecule has 0 aliphatic heterocycles. The molecule has 0 spiro atoms. The van der Waals surface area contributed by atoms with Crippen LogP contribution in [0.2, 0.25) is 0 Å². The zero-order chi connectivity index (χ0) is 27.6. The van der Waals surface area contributed by atoms with Gasteiger partial charge >= 0.3 is 6.03 Å². The highest BCUT2D eigenvalue weighted by Crippen LogP contribution is 2.49. The molecule has 0 saturated carbocycles. The van der Waals surface area contributed by atoms with Gasteiger partial charge in [0.2, 0.25) is 0 Å². The second-order valence-corrected chi connectivity index (χ2v) is 11.0. The van der Waals surface area contributed by atoms with Crippen molar-refractivity contribution in [1.82, 2.24) is 25.0 Å². The van der Waals surface area contributed by atoms with Crippen LogP contribution in [0, 0.1) is 11.7 Å². The molecule has 40 heavy (non-hydrogen) atoms. The van der Waals surface area contributed by atoms with Crippen LogP contribution in [0.1, 0.15) is 60.5 Å². The summed E-state index contributed by atoms with van der Waals surface area (Å²) in [6.07, 6.45) is 9.32. The molecule has 7 heteroatoms. The van der Waals surface area contributed by atoms with Crippen LogP contribution in [0.4, 0.5) is 9.18 Å². The number of fused-ring (bicyclic) bond motifs is 1. The van der Waals surface area contributed by atoms with E-state index in [4.69, 9.17) is 5.10 Å². The molecule has 3 atom stereocenters. The van der Waals surface area contributed by atoms with Gasteiger partial charge in [-0.2, -0.15) is 5.10 Å². The number of nitrogens with zero attached hydrogens (tertiary/aromatic N) is 4. The van der Waals surface area contributed by atoms with Crippen LogP contribution < -0.4 is 5.32 Å². The first-order valence-electron chi connectivity index (χ1n) is 14.0. The Morgan fingerprint density at radius 3 is 2.60 bits per heavy atom. The van der Waals surface area contributed by atoms with Gasteiger partial charge in [-0.1, -0.05) is 48.4 Å². The smallest absolute Gasteiger partial charge is 0.317 e. The van der Waals surface area contributed by atoms with E-state index in [9.17, 15) is 9.18 Å². The van der Waals surface area contributed by atoms with Crippen molar-refractivity contribution in [2.45, 2.75) is 51.1 Å². The SMILES string of the molecule is C[C@@H]1C2=C(CC[C@@H]2CC(NC(=O)N(C)Cc2ccncc2)c2ccccc2)Cc2c1cnn2-c1ccc(F)cc1. The maximum atomic E-state index is 13.5. The number of urea groups is 1. The van der Waals surface area contributed by atoms with Crippen LogP contribution in [0.25, 0.3) is 5.69 Å². The summed E-state index contributed by atoms with van der Waals surface area (Å²) in [6.45, 7) is 2.80. The quantitative estimate of drug-likeness (QED) is 0.267. The van der Waals surface area contributed by atoms with Crippen molar-refractivity contribution in [3.63, 3.8) is 0 Å². The molecule has 1 unspecified atom stereocenters. The van der Waals surface area contributed by atoms with Gasteiger partial charge in [0, 0.05) is 43.9 Å². The Balaban J connectivity index is 1.22. The minimum absolute atomic E-state index is 0.0857. The fourth-order valence-corrected chi connectivity index (χ4v) is 6.47. The van der Waals surface area contributed by atoms with E-state index in [-0.39, 0.29) is 23.8 Å². The first-order chi connectivity index (χ1) is 19.5. The molecular weight excluding hydrogens is 501 g/mol. The average Bonchev–Trinajstić information content (AvgIpc) is 3.59. The van der Waals surface area contributed by atoms with Gasteiger partial charge in [-0.3, -0.25) is 4.98 Å². The van der Waals surface area contributed by atoms with Crippen molar-refractivity contribution in [1.29, 1.82) is 0 Å². The first-order valence-corrected chi connectivity index (χ1v) is 14.0. The third-order valence-electron chi connectivity index (χ3n) is 8.46. The summed E-state index contributed by atoms with van der Waals surface area (Å²) in [6, 6.07) is 20.5. The van der Waals surface area contributed by atoms with Crippen LogP contribution in [0.15, 0.2) is 96.5 Å². The molecule has 2 aliphatic carbocycles. The van der Waals surface area contributed by atoms with Crippen LogP contribution in [-0.4, -0.2) is 32.7 Å². The topological polar surface area (TPSA) is 63.1 Å². The molecule has 2 heterocycles. The van der Waals surface area contributed by atoms with Crippen molar-refractivity contribution in [3.8, 4) is 5.69 Å². The van der Waals surface area contributed by atoms with Crippen LogP contribution in [0.3, 0.4) is 0 Å². The summed E-state index contributed by atoms with van der Waals surface area (Å²) in [4.78, 5) is 19.1. The highest BCUT2D eigenvalue weighted by Gasteiger charge is 2.37. The summed E-state index contributed by atoms with van der Waals surface area (Å²) >= 11 is 0. The number of halogens is 1. The number of rotatable bonds is 7. The second-order valence-electron chi connectivity index (χ2n) is 11.0. The van der Waals surface area contributed by atoms with Crippen LogP contribution >= 0.6 is 0 Å². The number of aromatic nitrogens is 3. The van der Waals surface area contributed by atoms with E-state index in [0.717, 1.165) is 42.5 Å². The Bertz CT molecular complexity index is 1510. The maximum Gasteiger partial charge on any atom is 0.317 e. The van der Waals surface area contributed by atoms with E-state index in [0.29, 0.717) is 12.5 Å². The van der Waals surface area contributed by atoms with E-state index >= 15 is 0 Å². The predicted molar refractivity (Wildman–Crippen MR) is 153 cm³/mol. The van der Waals surface area contributed by atoms with Gasteiger partial charge in [-0.25, -0.2) is 13.9 Å². The van der Waals surface area contributed by atoms with Gasteiger partial charge in [0.15, 0.2) is 0 Å². The summed E-state index contributed by atoms with van der Waals surface area (Å²) in [5.41, 5.74) is 8.49. The summed E-state index contributed by atoms with van der Waals surface area (Å²) in [5, 5.41) is 8.04. The summed E-state index contributed by atoms with van der Waals surface area (Å²) in [7, 11) is 1.83. The highest BCUT2D eigenvalue weighted by atomic mass is 19.1. The third kappa shape index (κ3) is 5.16. The number of amides is 2. The fourth-order valence-electron chi connectivity index (χ4n) is 6.47. The Hall–Kier alpha value is -4.26. The van der Waals surface area contributed by atoms with Gasteiger partial charge in [0.25, 0.3) is 0 Å². The molecule has 2 amide bonds. The molecule has 2 aliphatic rings. The van der Waals surface area contributed by atoms with E-state index in [1.54, 1.807) is 29.4 Å². The molecule has 2 aromatic carbocycles. The summed E-state index contributed by atoms with van der Waals surface area (Å²) < 4.78 is 15.5. The molecular formula is C33H34FN5O. The maximum absolute atomic E-state index is 13.5. The minimum atomic E-state index is -0.245. The Morgan fingerprint density at radius 1 is 1.10 bits per heavy atom. The van der Waals surface area contributed by atoms with Gasteiger partial charge in [-0.15, -0.1) is 0 Å². The van der Waals surface area contributed by atoms with Gasteiger partial charge in [0.05, 0.1) is 23.6 Å². The predicted octanol–water partition coefficient (Wildman–Crippen LogP) is 6.75. The molecule has 0 bridgehead atoms. The Labute approximate surface area is 234 Å². The molecule has 2 aromatic heterocycles. The lowest BCUT2D eigenvalue weighted by atomic mass is 9.78. The molecule has 204 valence electrons. The first kappa shape index (κ1) is 26.0. The average molecular weight is 536 g/mol. The number of hydrogen-bond donors (Lipinski definition) is 1. The van der Waals surface area contributed by atoms with E-state index in [1.807, 2.05) is 48.3 Å². The molecule has 0 saturated heterocycles. The number of carbonyl (C=O) groups excluding carboxylic acids is 1. The van der Waals surface area contributed by atoms with Gasteiger partial charge in [-0.05, 0) is 72.7 Å². The van der Waals surface area contributed by atoms with Crippen molar-refractivity contribution in [2.24, 2.45) is 5.92 Å². The third-order valence-corrected chi connectivity index (χ3v) is 8.46. The van der Waals surface area contributed by atoms with Crippen molar-refractivity contribution >= 4 is 6.03 Å². The van der Waals surface area contributed by atoms with E-state index < -0.39 is 0 Å². The van der Waals surface area contributed by atoms with E-state index in [1.165, 1.54) is 34.5 Å². The number of carbonyl (C=O) groups is 1. The number of pyridine rings is 1. The molecule has 0 radical (unpaired) electrons. The largest absolute Gasteiger partial charge is 0.331 e. The molecule has 1 N–H and O–H groups in total. The Kier molecular flexibility index (Phi) is 7.20. The highest BCUT2D eigenvalue weighted by molar-refractivity contribution is 5.74.